The van der Waals surface area contributed by atoms with Crippen LogP contribution in [0.3, 0.4) is 0 Å². The van der Waals surface area contributed by atoms with E-state index < -0.39 is 0 Å². The Kier molecular flexibility index (Phi) is 4.68. The summed E-state index contributed by atoms with van der Waals surface area (Å²) in [5.74, 6) is 1.89. The van der Waals surface area contributed by atoms with E-state index in [0.717, 1.165) is 16.1 Å². The van der Waals surface area contributed by atoms with E-state index >= 15 is 0 Å². The Labute approximate surface area is 162 Å². The van der Waals surface area contributed by atoms with Crippen molar-refractivity contribution < 1.29 is 18.9 Å². The van der Waals surface area contributed by atoms with E-state index in [1.165, 1.54) is 0 Å². The normalized spacial score (nSPS) is 13.1. The fourth-order valence-corrected chi connectivity index (χ4v) is 2.87. The highest BCUT2D eigenvalue weighted by Gasteiger charge is 2.26. The van der Waals surface area contributed by atoms with Gasteiger partial charge in [-0.2, -0.15) is 0 Å². The van der Waals surface area contributed by atoms with Gasteiger partial charge in [-0.25, -0.2) is 4.99 Å². The molecule has 3 aromatic rings. The molecule has 0 N–H and O–H groups in total. The summed E-state index contributed by atoms with van der Waals surface area (Å²) in [5, 5.41) is 13.1. The Balaban J connectivity index is 1.84. The molecule has 0 saturated heterocycles. The van der Waals surface area contributed by atoms with Crippen LogP contribution in [0.1, 0.15) is 11.1 Å². The monoisotopic (exact) mass is 374 g/mol. The summed E-state index contributed by atoms with van der Waals surface area (Å²) in [5.41, 5.74) is 2.30. The molecule has 6 nitrogen and oxygen atoms in total. The highest BCUT2D eigenvalue weighted by atomic mass is 16.6. The Morgan fingerprint density at radius 1 is 0.786 bits per heavy atom. The summed E-state index contributed by atoms with van der Waals surface area (Å²) in [7, 11) is 3.20. The number of benzene rings is 3. The smallest absolute Gasteiger partial charge is 0.394 e. The molecule has 140 valence electrons. The van der Waals surface area contributed by atoms with Gasteiger partial charge in [-0.3, -0.25) is 0 Å². The third-order valence-electron chi connectivity index (χ3n) is 4.37. The standard InChI is InChI=1S/C22H18N2O4/c1-26-17-11-7-15(8-12-17)21-23-19-5-3-4-6-20(19)24(25)22(28-21)16-9-13-18(27-2)14-10-16/h3-14H,1-2H3. The zero-order valence-electron chi connectivity index (χ0n) is 15.5. The minimum atomic E-state index is 0.141. The van der Waals surface area contributed by atoms with Crippen molar-refractivity contribution in [1.82, 2.24) is 0 Å². The first-order chi connectivity index (χ1) is 13.7. The van der Waals surface area contributed by atoms with E-state index in [-0.39, 0.29) is 5.90 Å². The number of para-hydroxylation sites is 2. The van der Waals surface area contributed by atoms with Crippen LogP contribution in [0.2, 0.25) is 0 Å². The number of methoxy groups -OCH3 is 2. The van der Waals surface area contributed by atoms with Gasteiger partial charge in [-0.1, -0.05) is 12.1 Å². The second kappa shape index (κ2) is 7.44. The van der Waals surface area contributed by atoms with Crippen LogP contribution >= 0.6 is 0 Å². The molecule has 0 bridgehead atoms. The van der Waals surface area contributed by atoms with Gasteiger partial charge < -0.3 is 19.4 Å². The molecule has 0 aromatic heterocycles. The van der Waals surface area contributed by atoms with E-state index in [2.05, 4.69) is 4.99 Å². The Bertz CT molecular complexity index is 1050. The van der Waals surface area contributed by atoms with Crippen LogP contribution in [-0.4, -0.2) is 30.8 Å². The van der Waals surface area contributed by atoms with E-state index in [9.17, 15) is 5.21 Å². The first kappa shape index (κ1) is 17.6. The Morgan fingerprint density at radius 2 is 1.36 bits per heavy atom. The van der Waals surface area contributed by atoms with Crippen LogP contribution in [-0.2, 0) is 4.74 Å². The van der Waals surface area contributed by atoms with Gasteiger partial charge in [0.25, 0.3) is 0 Å². The SMILES string of the molecule is COc1ccc(C2=Nc3ccccc3[N+]([O-])=C(c3ccc(OC)cc3)O2)cc1. The molecule has 1 aliphatic heterocycles. The second-order valence-corrected chi connectivity index (χ2v) is 6.06. The van der Waals surface area contributed by atoms with Crippen molar-refractivity contribution in [2.75, 3.05) is 14.2 Å². The van der Waals surface area contributed by atoms with Crippen molar-refractivity contribution in [1.29, 1.82) is 0 Å². The van der Waals surface area contributed by atoms with E-state index in [1.54, 1.807) is 56.7 Å². The fraction of sp³-hybridized carbons (Fsp3) is 0.0909. The lowest BCUT2D eigenvalue weighted by atomic mass is 10.2. The molecule has 0 unspecified atom stereocenters. The third-order valence-corrected chi connectivity index (χ3v) is 4.37. The Morgan fingerprint density at radius 3 is 1.96 bits per heavy atom. The summed E-state index contributed by atoms with van der Waals surface area (Å²) in [6, 6.07) is 21.6. The van der Waals surface area contributed by atoms with Crippen molar-refractivity contribution in [3.63, 3.8) is 0 Å². The van der Waals surface area contributed by atoms with Crippen molar-refractivity contribution in [2.24, 2.45) is 4.99 Å². The van der Waals surface area contributed by atoms with Gasteiger partial charge in [0, 0.05) is 11.6 Å². The molecule has 0 fully saturated rings. The molecule has 0 atom stereocenters. The van der Waals surface area contributed by atoms with Gasteiger partial charge in [0.05, 0.1) is 19.8 Å². The van der Waals surface area contributed by atoms with Crippen LogP contribution in [0.5, 0.6) is 11.5 Å². The number of nitrogens with zero attached hydrogens (tertiary/aromatic N) is 2. The van der Waals surface area contributed by atoms with Crippen LogP contribution in [0.4, 0.5) is 11.4 Å². The minimum absolute atomic E-state index is 0.141. The minimum Gasteiger partial charge on any atom is -0.616 e. The zero-order valence-corrected chi connectivity index (χ0v) is 15.5. The first-order valence-electron chi connectivity index (χ1n) is 8.68. The first-order valence-corrected chi connectivity index (χ1v) is 8.68. The molecule has 0 spiro atoms. The lowest BCUT2D eigenvalue weighted by Crippen LogP contribution is -2.20. The van der Waals surface area contributed by atoms with Crippen molar-refractivity contribution in [3.8, 4) is 11.5 Å². The summed E-state index contributed by atoms with van der Waals surface area (Å²) in [4.78, 5) is 4.59. The van der Waals surface area contributed by atoms with Crippen molar-refractivity contribution in [2.45, 2.75) is 0 Å². The highest BCUT2D eigenvalue weighted by Crippen LogP contribution is 2.31. The quantitative estimate of drug-likeness (QED) is 0.501. The van der Waals surface area contributed by atoms with E-state index in [0.29, 0.717) is 28.6 Å². The molecular formula is C22H18N2O4. The van der Waals surface area contributed by atoms with E-state index in [4.69, 9.17) is 14.2 Å². The molecule has 0 saturated carbocycles. The Hall–Kier alpha value is -3.80. The topological polar surface area (TPSA) is 66.1 Å². The predicted octanol–water partition coefficient (Wildman–Crippen LogP) is 4.40. The van der Waals surface area contributed by atoms with Crippen LogP contribution in [0.25, 0.3) is 0 Å². The average Bonchev–Trinajstić information content (AvgIpc) is 2.91. The van der Waals surface area contributed by atoms with Crippen LogP contribution < -0.4 is 9.47 Å². The van der Waals surface area contributed by atoms with Gasteiger partial charge >= 0.3 is 5.90 Å². The van der Waals surface area contributed by atoms with Gasteiger partial charge in [0.2, 0.25) is 11.6 Å². The number of aliphatic imine (C=N–C) groups is 1. The second-order valence-electron chi connectivity index (χ2n) is 6.06. The molecule has 1 aliphatic rings. The van der Waals surface area contributed by atoms with Crippen molar-refractivity contribution >= 4 is 23.2 Å². The summed E-state index contributed by atoms with van der Waals surface area (Å²) in [6.07, 6.45) is 0. The van der Waals surface area contributed by atoms with E-state index in [1.807, 2.05) is 30.3 Å². The summed E-state index contributed by atoms with van der Waals surface area (Å²) in [6.45, 7) is 0. The molecule has 3 aromatic carbocycles. The number of rotatable bonds is 4. The number of hydrogen-bond donors (Lipinski definition) is 0. The van der Waals surface area contributed by atoms with Gasteiger partial charge in [0.1, 0.15) is 17.2 Å². The lowest BCUT2D eigenvalue weighted by molar-refractivity contribution is -0.368. The van der Waals surface area contributed by atoms with Gasteiger partial charge in [0.15, 0.2) is 0 Å². The van der Waals surface area contributed by atoms with Crippen LogP contribution in [0, 0.1) is 5.21 Å². The fourth-order valence-electron chi connectivity index (χ4n) is 2.87. The molecule has 0 amide bonds. The maximum absolute atomic E-state index is 13.1. The molecule has 4 rings (SSSR count). The summed E-state index contributed by atoms with van der Waals surface area (Å²) < 4.78 is 17.2. The zero-order chi connectivity index (χ0) is 19.5. The molecule has 0 radical (unpaired) electrons. The van der Waals surface area contributed by atoms with Gasteiger partial charge in [-0.15, -0.1) is 4.74 Å². The number of fused-ring (bicyclic) bond motifs is 1. The maximum atomic E-state index is 13.1. The number of hydrogen-bond acceptors (Lipinski definition) is 5. The largest absolute Gasteiger partial charge is 0.616 e. The molecule has 1 heterocycles. The number of ether oxygens (including phenoxy) is 3. The molecule has 28 heavy (non-hydrogen) atoms. The molecular weight excluding hydrogens is 356 g/mol. The maximum Gasteiger partial charge on any atom is 0.394 e. The van der Waals surface area contributed by atoms with Crippen LogP contribution in [0.15, 0.2) is 77.8 Å². The van der Waals surface area contributed by atoms with Crippen molar-refractivity contribution in [3.05, 3.63) is 89.1 Å². The summed E-state index contributed by atoms with van der Waals surface area (Å²) >= 11 is 0. The molecule has 0 aliphatic carbocycles. The lowest BCUT2D eigenvalue weighted by Gasteiger charge is -2.10. The third kappa shape index (κ3) is 3.27. The van der Waals surface area contributed by atoms with Gasteiger partial charge in [-0.05, 0) is 54.6 Å². The predicted molar refractivity (Wildman–Crippen MR) is 107 cm³/mol. The highest BCUT2D eigenvalue weighted by molar-refractivity contribution is 6.07. The average molecular weight is 374 g/mol. The molecule has 6 heteroatoms.